The topological polar surface area (TPSA) is 74.6 Å². The van der Waals surface area contributed by atoms with Gasteiger partial charge in [-0.3, -0.25) is 0 Å². The van der Waals surface area contributed by atoms with Crippen LogP contribution >= 0.6 is 15.9 Å². The van der Waals surface area contributed by atoms with Crippen LogP contribution in [-0.4, -0.2) is 28.3 Å². The molecule has 0 aliphatic rings. The minimum atomic E-state index is -1.05. The van der Waals surface area contributed by atoms with E-state index in [1.54, 1.807) is 19.2 Å². The maximum absolute atomic E-state index is 11.2. The molecule has 0 atom stereocenters. The molecule has 0 aromatic carbocycles. The quantitative estimate of drug-likeness (QED) is 0.478. The third-order valence-corrected chi connectivity index (χ3v) is 3.14. The van der Waals surface area contributed by atoms with E-state index in [4.69, 9.17) is 0 Å². The van der Waals surface area contributed by atoms with Crippen LogP contribution in [0, 0.1) is 0 Å². The Hall–Kier alpha value is -1.69. The zero-order valence-electron chi connectivity index (χ0n) is 10.9. The molecule has 1 rings (SSSR count). The lowest BCUT2D eigenvalue weighted by Gasteiger charge is -2.08. The van der Waals surface area contributed by atoms with E-state index in [0.717, 1.165) is 5.56 Å². The fourth-order valence-corrected chi connectivity index (χ4v) is 1.88. The second-order valence-corrected chi connectivity index (χ2v) is 4.47. The van der Waals surface area contributed by atoms with Crippen LogP contribution in [0.2, 0.25) is 0 Å². The van der Waals surface area contributed by atoms with Gasteiger partial charge in [0.1, 0.15) is 4.60 Å². The molecule has 2 N–H and O–H groups in total. The van der Waals surface area contributed by atoms with Crippen molar-refractivity contribution < 1.29 is 9.90 Å². The molecule has 0 aliphatic heterocycles. The maximum Gasteiger partial charge on any atom is 0.356 e. The fraction of sp³-hybridized carbons (Fsp3) is 0.308. The summed E-state index contributed by atoms with van der Waals surface area (Å²) in [6.07, 6.45) is 3.89. The van der Waals surface area contributed by atoms with E-state index in [2.05, 4.69) is 31.4 Å². The van der Waals surface area contributed by atoms with Gasteiger partial charge in [-0.05, 0) is 47.0 Å². The van der Waals surface area contributed by atoms with Gasteiger partial charge in [0.2, 0.25) is 0 Å². The predicted octanol–water partition coefficient (Wildman–Crippen LogP) is 2.38. The summed E-state index contributed by atoms with van der Waals surface area (Å²) in [5, 5.41) is 13.1. The van der Waals surface area contributed by atoms with Gasteiger partial charge in [-0.25, -0.2) is 9.78 Å². The Morgan fingerprint density at radius 1 is 1.63 bits per heavy atom. The Labute approximate surface area is 120 Å². The monoisotopic (exact) mass is 325 g/mol. The van der Waals surface area contributed by atoms with Crippen molar-refractivity contribution in [3.8, 4) is 0 Å². The second-order valence-electron chi connectivity index (χ2n) is 3.72. The number of pyridine rings is 1. The van der Waals surface area contributed by atoms with Gasteiger partial charge in [0.15, 0.2) is 5.71 Å². The number of nitrogens with zero attached hydrogens (tertiary/aromatic N) is 2. The van der Waals surface area contributed by atoms with Crippen LogP contribution in [0.5, 0.6) is 0 Å². The summed E-state index contributed by atoms with van der Waals surface area (Å²) in [7, 11) is 0. The molecule has 0 aliphatic carbocycles. The summed E-state index contributed by atoms with van der Waals surface area (Å²) < 4.78 is 0.711. The first-order valence-electron chi connectivity index (χ1n) is 5.88. The third-order valence-electron chi connectivity index (χ3n) is 2.42. The standard InChI is InChI=1S/C13H16BrN3O2/c1-3-9(11(13(18)19)17-16-4-2)8-10-6-5-7-15-12(10)14/h3,5-7,16H,4,8H2,1-2H3,(H,18,19)/b9-3-,17-11+. The van der Waals surface area contributed by atoms with Gasteiger partial charge >= 0.3 is 5.97 Å². The first-order chi connectivity index (χ1) is 9.10. The molecular formula is C13H16BrN3O2. The molecule has 0 fully saturated rings. The molecule has 1 heterocycles. The van der Waals surface area contributed by atoms with E-state index < -0.39 is 5.97 Å². The number of hydrazone groups is 1. The number of aromatic nitrogens is 1. The van der Waals surface area contributed by atoms with Crippen LogP contribution in [-0.2, 0) is 11.2 Å². The smallest absolute Gasteiger partial charge is 0.356 e. The summed E-state index contributed by atoms with van der Waals surface area (Å²) in [5.41, 5.74) is 4.27. The van der Waals surface area contributed by atoms with Gasteiger partial charge in [0.25, 0.3) is 0 Å². The summed E-state index contributed by atoms with van der Waals surface area (Å²) in [5.74, 6) is -1.05. The number of nitrogens with one attached hydrogen (secondary N) is 1. The molecule has 0 unspecified atom stereocenters. The molecule has 0 radical (unpaired) electrons. The molecule has 102 valence electrons. The highest BCUT2D eigenvalue weighted by Gasteiger charge is 2.16. The Balaban J connectivity index is 3.01. The van der Waals surface area contributed by atoms with Gasteiger partial charge < -0.3 is 10.5 Å². The summed E-state index contributed by atoms with van der Waals surface area (Å²) in [6.45, 7) is 4.23. The second kappa shape index (κ2) is 7.68. The average Bonchev–Trinajstić information content (AvgIpc) is 2.39. The zero-order chi connectivity index (χ0) is 14.3. The van der Waals surface area contributed by atoms with Crippen molar-refractivity contribution in [3.05, 3.63) is 40.1 Å². The highest BCUT2D eigenvalue weighted by Crippen LogP contribution is 2.17. The number of allylic oxidation sites excluding steroid dienone is 1. The molecular weight excluding hydrogens is 310 g/mol. The van der Waals surface area contributed by atoms with Crippen molar-refractivity contribution >= 4 is 27.6 Å². The van der Waals surface area contributed by atoms with Crippen LogP contribution in [0.15, 0.2) is 39.7 Å². The van der Waals surface area contributed by atoms with Crippen molar-refractivity contribution in [2.24, 2.45) is 5.10 Å². The number of hydrogen-bond acceptors (Lipinski definition) is 4. The lowest BCUT2D eigenvalue weighted by Crippen LogP contribution is -2.21. The molecule has 1 aromatic heterocycles. The summed E-state index contributed by atoms with van der Waals surface area (Å²) >= 11 is 3.35. The number of rotatable bonds is 6. The van der Waals surface area contributed by atoms with E-state index >= 15 is 0 Å². The molecule has 0 saturated carbocycles. The van der Waals surface area contributed by atoms with Gasteiger partial charge in [-0.15, -0.1) is 0 Å². The molecule has 5 nitrogen and oxygen atoms in total. The predicted molar refractivity (Wildman–Crippen MR) is 78.1 cm³/mol. The average molecular weight is 326 g/mol. The van der Waals surface area contributed by atoms with Gasteiger partial charge in [-0.2, -0.15) is 5.10 Å². The zero-order valence-corrected chi connectivity index (χ0v) is 12.4. The largest absolute Gasteiger partial charge is 0.476 e. The van der Waals surface area contributed by atoms with Crippen molar-refractivity contribution in [2.45, 2.75) is 20.3 Å². The van der Waals surface area contributed by atoms with Crippen molar-refractivity contribution in [3.63, 3.8) is 0 Å². The van der Waals surface area contributed by atoms with Gasteiger partial charge in [-0.1, -0.05) is 12.1 Å². The van der Waals surface area contributed by atoms with E-state index in [9.17, 15) is 9.90 Å². The van der Waals surface area contributed by atoms with Crippen LogP contribution in [0.25, 0.3) is 0 Å². The molecule has 19 heavy (non-hydrogen) atoms. The fourth-order valence-electron chi connectivity index (χ4n) is 1.49. The molecule has 0 amide bonds. The van der Waals surface area contributed by atoms with Crippen molar-refractivity contribution in [1.82, 2.24) is 10.4 Å². The van der Waals surface area contributed by atoms with Crippen LogP contribution in [0.3, 0.4) is 0 Å². The van der Waals surface area contributed by atoms with E-state index in [0.29, 0.717) is 23.1 Å². The normalized spacial score (nSPS) is 12.4. The lowest BCUT2D eigenvalue weighted by atomic mass is 10.0. The molecule has 0 spiro atoms. The maximum atomic E-state index is 11.2. The number of aliphatic carboxylic acids is 1. The highest BCUT2D eigenvalue weighted by atomic mass is 79.9. The molecule has 6 heteroatoms. The van der Waals surface area contributed by atoms with Gasteiger partial charge in [0, 0.05) is 19.2 Å². The molecule has 1 aromatic rings. The first-order valence-corrected chi connectivity index (χ1v) is 6.68. The Morgan fingerprint density at radius 2 is 2.37 bits per heavy atom. The Morgan fingerprint density at radius 3 is 2.89 bits per heavy atom. The number of carbonyl (C=O) groups is 1. The molecule has 0 bridgehead atoms. The highest BCUT2D eigenvalue weighted by molar-refractivity contribution is 9.10. The Kier molecular flexibility index (Phi) is 6.21. The third kappa shape index (κ3) is 4.48. The van der Waals surface area contributed by atoms with Crippen LogP contribution in [0.1, 0.15) is 19.4 Å². The van der Waals surface area contributed by atoms with Gasteiger partial charge in [0.05, 0.1) is 0 Å². The SMILES string of the molecule is C/C=C(Cc1cccnc1Br)\C(=N/NCC)C(=O)O. The summed E-state index contributed by atoms with van der Waals surface area (Å²) in [4.78, 5) is 15.4. The Bertz CT molecular complexity index is 512. The lowest BCUT2D eigenvalue weighted by molar-refractivity contribution is -0.129. The number of carboxylic acids is 1. The van der Waals surface area contributed by atoms with Crippen LogP contribution in [0.4, 0.5) is 0 Å². The van der Waals surface area contributed by atoms with E-state index in [-0.39, 0.29) is 5.71 Å². The first kappa shape index (κ1) is 15.4. The van der Waals surface area contributed by atoms with Crippen LogP contribution < -0.4 is 5.43 Å². The van der Waals surface area contributed by atoms with Crippen molar-refractivity contribution in [1.29, 1.82) is 0 Å². The number of halogens is 1. The minimum absolute atomic E-state index is 0.0279. The minimum Gasteiger partial charge on any atom is -0.476 e. The molecule has 0 saturated heterocycles. The van der Waals surface area contributed by atoms with E-state index in [1.807, 2.05) is 19.1 Å². The number of carboxylic acid groups (broad SMARTS) is 1. The summed E-state index contributed by atoms with van der Waals surface area (Å²) in [6, 6.07) is 3.71. The van der Waals surface area contributed by atoms with E-state index in [1.165, 1.54) is 0 Å². The van der Waals surface area contributed by atoms with Crippen molar-refractivity contribution in [2.75, 3.05) is 6.54 Å². The number of hydrogen-bond donors (Lipinski definition) is 2.